The maximum atomic E-state index is 6.48. The number of H-pyrrole nitrogens is 1. The summed E-state index contributed by atoms with van der Waals surface area (Å²) < 4.78 is 7.98. The smallest absolute Gasteiger partial charge is 0.182 e. The Balaban J connectivity index is 1.41. The molecule has 1 aliphatic rings. The number of halogens is 1. The second-order valence-electron chi connectivity index (χ2n) is 8.87. The summed E-state index contributed by atoms with van der Waals surface area (Å²) in [5, 5.41) is 8.42. The van der Waals surface area contributed by atoms with Gasteiger partial charge in [-0.2, -0.15) is 5.10 Å². The van der Waals surface area contributed by atoms with Gasteiger partial charge in [0.2, 0.25) is 0 Å². The molecule has 0 saturated carbocycles. The molecular weight excluding hydrogens is 438 g/mol. The van der Waals surface area contributed by atoms with E-state index >= 15 is 0 Å². The van der Waals surface area contributed by atoms with Crippen LogP contribution in [0, 0.1) is 12.8 Å². The predicted octanol–water partition coefficient (Wildman–Crippen LogP) is 4.55. The molecule has 0 spiro atoms. The fraction of sp³-hybridized carbons (Fsp3) is 0.375. The largest absolute Gasteiger partial charge is 0.453 e. The van der Waals surface area contributed by atoms with Crippen molar-refractivity contribution < 1.29 is 4.74 Å². The van der Waals surface area contributed by atoms with Crippen molar-refractivity contribution >= 4 is 28.5 Å². The van der Waals surface area contributed by atoms with Crippen LogP contribution in [-0.4, -0.2) is 50.4 Å². The maximum absolute atomic E-state index is 6.48. The Morgan fingerprint density at radius 3 is 2.70 bits per heavy atom. The zero-order valence-corrected chi connectivity index (χ0v) is 20.0. The van der Waals surface area contributed by atoms with Gasteiger partial charge >= 0.3 is 0 Å². The number of hydrogen-bond acceptors (Lipinski definition) is 6. The molecule has 9 heteroatoms. The molecule has 1 fully saturated rings. The number of ether oxygens (including phenoxy) is 1. The Morgan fingerprint density at radius 1 is 1.21 bits per heavy atom. The minimum Gasteiger partial charge on any atom is -0.453 e. The number of aryl methyl sites for hydroxylation is 2. The van der Waals surface area contributed by atoms with Gasteiger partial charge in [-0.05, 0) is 37.1 Å². The summed E-state index contributed by atoms with van der Waals surface area (Å²) in [7, 11) is 1.88. The number of benzene rings is 1. The first-order valence-electron chi connectivity index (χ1n) is 11.2. The summed E-state index contributed by atoms with van der Waals surface area (Å²) in [5.41, 5.74) is 4.19. The lowest BCUT2D eigenvalue weighted by atomic mass is 10.0. The lowest BCUT2D eigenvalue weighted by Crippen LogP contribution is -2.52. The van der Waals surface area contributed by atoms with Crippen LogP contribution in [0.1, 0.15) is 19.5 Å². The Hall–Kier alpha value is -3.10. The zero-order chi connectivity index (χ0) is 23.1. The lowest BCUT2D eigenvalue weighted by molar-refractivity contribution is 0.368. The third-order valence-corrected chi connectivity index (χ3v) is 6.40. The quantitative estimate of drug-likeness (QED) is 0.450. The Morgan fingerprint density at radius 2 is 2.00 bits per heavy atom. The number of anilines is 1. The highest BCUT2D eigenvalue weighted by atomic mass is 35.5. The molecule has 4 aromatic rings. The van der Waals surface area contributed by atoms with Gasteiger partial charge in [0.05, 0.1) is 17.5 Å². The first-order chi connectivity index (χ1) is 15.9. The standard InChI is InChI=1S/C24H28ClN7O/c1-14(2)20-13-32(10-9-26-20)16-5-7-17(8-6-16)33-22-19(25)11-27-24-21(22)28-23(29-24)18-12-31(4)30-15(18)3/h5-8,11-12,14,20,26H,9-10,13H2,1-4H3,(H,27,28,29)/t20-/m1/s1. The number of imidazole rings is 1. The normalized spacial score (nSPS) is 16.7. The molecule has 3 aromatic heterocycles. The predicted molar refractivity (Wildman–Crippen MR) is 131 cm³/mol. The van der Waals surface area contributed by atoms with Gasteiger partial charge in [-0.15, -0.1) is 0 Å². The van der Waals surface area contributed by atoms with Gasteiger partial charge in [-0.25, -0.2) is 9.97 Å². The third kappa shape index (κ3) is 4.28. The molecule has 4 heterocycles. The first-order valence-corrected chi connectivity index (χ1v) is 11.6. The summed E-state index contributed by atoms with van der Waals surface area (Å²) in [6, 6.07) is 8.65. The molecule has 0 amide bonds. The number of nitrogens with zero attached hydrogens (tertiary/aromatic N) is 5. The Labute approximate surface area is 197 Å². The van der Waals surface area contributed by atoms with Crippen LogP contribution in [0.5, 0.6) is 11.5 Å². The minimum atomic E-state index is 0.423. The molecule has 2 N–H and O–H groups in total. The number of aromatic amines is 1. The van der Waals surface area contributed by atoms with Gasteiger partial charge in [-0.3, -0.25) is 4.68 Å². The molecule has 0 radical (unpaired) electrons. The summed E-state index contributed by atoms with van der Waals surface area (Å²) in [6.45, 7) is 9.44. The third-order valence-electron chi connectivity index (χ3n) is 6.13. The average molecular weight is 466 g/mol. The van der Waals surface area contributed by atoms with Crippen LogP contribution in [-0.2, 0) is 7.05 Å². The van der Waals surface area contributed by atoms with Gasteiger partial charge in [-0.1, -0.05) is 25.4 Å². The highest BCUT2D eigenvalue weighted by Gasteiger charge is 2.22. The topological polar surface area (TPSA) is 83.9 Å². The van der Waals surface area contributed by atoms with Gasteiger partial charge in [0.1, 0.15) is 22.1 Å². The molecule has 0 bridgehead atoms. The van der Waals surface area contributed by atoms with Gasteiger partial charge < -0.3 is 19.9 Å². The van der Waals surface area contributed by atoms with E-state index in [1.807, 2.05) is 32.3 Å². The average Bonchev–Trinajstić information content (AvgIpc) is 3.38. The van der Waals surface area contributed by atoms with E-state index in [1.54, 1.807) is 10.9 Å². The number of aromatic nitrogens is 5. The van der Waals surface area contributed by atoms with Crippen molar-refractivity contribution in [2.24, 2.45) is 13.0 Å². The monoisotopic (exact) mass is 465 g/mol. The molecule has 1 atom stereocenters. The molecule has 172 valence electrons. The van der Waals surface area contributed by atoms with Crippen molar-refractivity contribution in [2.45, 2.75) is 26.8 Å². The van der Waals surface area contributed by atoms with E-state index in [0.29, 0.717) is 45.5 Å². The molecule has 33 heavy (non-hydrogen) atoms. The van der Waals surface area contributed by atoms with Crippen molar-refractivity contribution in [2.75, 3.05) is 24.5 Å². The summed E-state index contributed by atoms with van der Waals surface area (Å²) in [5.74, 6) is 2.50. The fourth-order valence-electron chi connectivity index (χ4n) is 4.27. The van der Waals surface area contributed by atoms with E-state index < -0.39 is 0 Å². The van der Waals surface area contributed by atoms with Crippen molar-refractivity contribution in [3.05, 3.63) is 47.4 Å². The number of nitrogens with one attached hydrogen (secondary N) is 2. The molecule has 1 aliphatic heterocycles. The van der Waals surface area contributed by atoms with E-state index in [0.717, 1.165) is 30.9 Å². The van der Waals surface area contributed by atoms with E-state index in [2.05, 4.69) is 56.2 Å². The van der Waals surface area contributed by atoms with E-state index in [-0.39, 0.29) is 0 Å². The van der Waals surface area contributed by atoms with Crippen LogP contribution in [0.4, 0.5) is 5.69 Å². The molecular formula is C24H28ClN7O. The maximum Gasteiger partial charge on any atom is 0.182 e. The van der Waals surface area contributed by atoms with Crippen molar-refractivity contribution in [3.8, 4) is 22.9 Å². The second kappa shape index (κ2) is 8.68. The number of fused-ring (bicyclic) bond motifs is 1. The SMILES string of the molecule is Cc1nn(C)cc1-c1nc2ncc(Cl)c(Oc3ccc(N4CCN[C@@H](C(C)C)C4)cc3)c2[nH]1. The Bertz CT molecular complexity index is 1280. The van der Waals surface area contributed by atoms with E-state index in [9.17, 15) is 0 Å². The number of rotatable bonds is 5. The molecule has 1 saturated heterocycles. The van der Waals surface area contributed by atoms with Crippen molar-refractivity contribution in [1.82, 2.24) is 30.0 Å². The molecule has 1 aromatic carbocycles. The first kappa shape index (κ1) is 21.7. The van der Waals surface area contributed by atoms with Crippen LogP contribution >= 0.6 is 11.6 Å². The van der Waals surface area contributed by atoms with Crippen LogP contribution in [0.25, 0.3) is 22.6 Å². The van der Waals surface area contributed by atoms with Crippen LogP contribution in [0.2, 0.25) is 5.02 Å². The molecule has 0 aliphatic carbocycles. The summed E-state index contributed by atoms with van der Waals surface area (Å²) >= 11 is 6.48. The van der Waals surface area contributed by atoms with Crippen LogP contribution < -0.4 is 15.0 Å². The highest BCUT2D eigenvalue weighted by Crippen LogP contribution is 2.36. The van der Waals surface area contributed by atoms with Crippen LogP contribution in [0.3, 0.4) is 0 Å². The zero-order valence-electron chi connectivity index (χ0n) is 19.3. The fourth-order valence-corrected chi connectivity index (χ4v) is 4.45. The van der Waals surface area contributed by atoms with Gasteiger partial charge in [0.15, 0.2) is 11.4 Å². The van der Waals surface area contributed by atoms with Crippen molar-refractivity contribution in [3.63, 3.8) is 0 Å². The number of hydrogen-bond donors (Lipinski definition) is 2. The van der Waals surface area contributed by atoms with E-state index in [1.165, 1.54) is 5.69 Å². The number of pyridine rings is 1. The summed E-state index contributed by atoms with van der Waals surface area (Å²) in [4.78, 5) is 14.7. The Kier molecular flexibility index (Phi) is 5.72. The second-order valence-corrected chi connectivity index (χ2v) is 9.27. The van der Waals surface area contributed by atoms with Crippen LogP contribution in [0.15, 0.2) is 36.7 Å². The molecule has 0 unspecified atom stereocenters. The van der Waals surface area contributed by atoms with Crippen molar-refractivity contribution in [1.29, 1.82) is 0 Å². The highest BCUT2D eigenvalue weighted by molar-refractivity contribution is 6.32. The molecule has 8 nitrogen and oxygen atoms in total. The summed E-state index contributed by atoms with van der Waals surface area (Å²) in [6.07, 6.45) is 3.50. The molecule has 5 rings (SSSR count). The van der Waals surface area contributed by atoms with Gasteiger partial charge in [0, 0.05) is 44.6 Å². The number of piperazine rings is 1. The minimum absolute atomic E-state index is 0.423. The van der Waals surface area contributed by atoms with E-state index in [4.69, 9.17) is 16.3 Å². The lowest BCUT2D eigenvalue weighted by Gasteiger charge is -2.37. The van der Waals surface area contributed by atoms with Gasteiger partial charge in [0.25, 0.3) is 0 Å².